The first-order valence-corrected chi connectivity index (χ1v) is 4.37. The van der Waals surface area contributed by atoms with Crippen molar-refractivity contribution in [1.82, 2.24) is 0 Å². The SMILES string of the molecule is NCC1(CC(F)(F)C(F)(F)F)CCC1. The van der Waals surface area contributed by atoms with Crippen LogP contribution in [-0.4, -0.2) is 18.6 Å². The number of nitrogens with two attached hydrogens (primary N) is 1. The molecule has 84 valence electrons. The Morgan fingerprint density at radius 2 is 1.57 bits per heavy atom. The summed E-state index contributed by atoms with van der Waals surface area (Å²) in [6.45, 7) is -0.0985. The molecule has 0 aromatic heterocycles. The number of halogens is 5. The van der Waals surface area contributed by atoms with Crippen LogP contribution in [0.5, 0.6) is 0 Å². The molecule has 0 saturated heterocycles. The van der Waals surface area contributed by atoms with Gasteiger partial charge in [-0.25, -0.2) is 0 Å². The van der Waals surface area contributed by atoms with E-state index in [1.54, 1.807) is 0 Å². The Morgan fingerprint density at radius 1 is 1.07 bits per heavy atom. The third-order valence-corrected chi connectivity index (χ3v) is 2.86. The van der Waals surface area contributed by atoms with Gasteiger partial charge >= 0.3 is 12.1 Å². The lowest BCUT2D eigenvalue weighted by Gasteiger charge is -2.43. The number of alkyl halides is 5. The molecule has 6 heteroatoms. The van der Waals surface area contributed by atoms with Gasteiger partial charge in [-0.3, -0.25) is 0 Å². The van der Waals surface area contributed by atoms with Crippen LogP contribution in [0.4, 0.5) is 22.0 Å². The summed E-state index contributed by atoms with van der Waals surface area (Å²) in [6.07, 6.45) is -5.19. The molecule has 0 aromatic rings. The first kappa shape index (κ1) is 11.7. The summed E-state index contributed by atoms with van der Waals surface area (Å²) in [5.74, 6) is -4.60. The van der Waals surface area contributed by atoms with Crippen molar-refractivity contribution >= 4 is 0 Å². The van der Waals surface area contributed by atoms with E-state index in [4.69, 9.17) is 5.73 Å². The molecule has 0 atom stereocenters. The van der Waals surface area contributed by atoms with Gasteiger partial charge in [0.1, 0.15) is 0 Å². The van der Waals surface area contributed by atoms with Crippen LogP contribution < -0.4 is 5.73 Å². The molecule has 0 radical (unpaired) electrons. The van der Waals surface area contributed by atoms with Crippen molar-refractivity contribution in [3.05, 3.63) is 0 Å². The van der Waals surface area contributed by atoms with E-state index in [1.165, 1.54) is 0 Å². The second-order valence-corrected chi connectivity index (χ2v) is 3.94. The first-order chi connectivity index (χ1) is 6.22. The van der Waals surface area contributed by atoms with Gasteiger partial charge in [-0.2, -0.15) is 22.0 Å². The molecule has 1 aliphatic carbocycles. The van der Waals surface area contributed by atoms with Crippen LogP contribution in [0.25, 0.3) is 0 Å². The van der Waals surface area contributed by atoms with Crippen molar-refractivity contribution in [1.29, 1.82) is 0 Å². The van der Waals surface area contributed by atoms with Crippen LogP contribution in [0.2, 0.25) is 0 Å². The maximum Gasteiger partial charge on any atom is 0.453 e. The predicted molar refractivity (Wildman–Crippen MR) is 41.0 cm³/mol. The van der Waals surface area contributed by atoms with Crippen LogP contribution in [0.15, 0.2) is 0 Å². The Hall–Kier alpha value is -0.390. The third-order valence-electron chi connectivity index (χ3n) is 2.86. The van der Waals surface area contributed by atoms with Crippen molar-refractivity contribution < 1.29 is 22.0 Å². The van der Waals surface area contributed by atoms with E-state index in [2.05, 4.69) is 0 Å². The average Bonchev–Trinajstić information content (AvgIpc) is 1.94. The summed E-state index contributed by atoms with van der Waals surface area (Å²) in [5.41, 5.74) is 4.23. The highest BCUT2D eigenvalue weighted by molar-refractivity contribution is 4.94. The fraction of sp³-hybridized carbons (Fsp3) is 1.00. The molecule has 0 spiro atoms. The van der Waals surface area contributed by atoms with Crippen molar-refractivity contribution in [2.75, 3.05) is 6.54 Å². The molecular formula is C8H12F5N. The second-order valence-electron chi connectivity index (χ2n) is 3.94. The van der Waals surface area contributed by atoms with Gasteiger partial charge in [0.2, 0.25) is 0 Å². The Morgan fingerprint density at radius 3 is 1.79 bits per heavy atom. The highest BCUT2D eigenvalue weighted by atomic mass is 19.4. The van der Waals surface area contributed by atoms with E-state index in [0.29, 0.717) is 19.3 Å². The number of rotatable bonds is 3. The monoisotopic (exact) mass is 217 g/mol. The lowest BCUT2D eigenvalue weighted by Crippen LogP contribution is -2.47. The van der Waals surface area contributed by atoms with Gasteiger partial charge in [0.15, 0.2) is 0 Å². The molecule has 1 nitrogen and oxygen atoms in total. The zero-order valence-corrected chi connectivity index (χ0v) is 7.50. The minimum atomic E-state index is -5.45. The molecule has 0 aromatic carbocycles. The van der Waals surface area contributed by atoms with Gasteiger partial charge in [0.05, 0.1) is 0 Å². The quantitative estimate of drug-likeness (QED) is 0.722. The standard InChI is InChI=1S/C8H12F5N/c9-7(10,8(11,12)13)4-6(5-14)2-1-3-6/h1-5,14H2. The topological polar surface area (TPSA) is 26.0 Å². The Bertz CT molecular complexity index is 201. The molecule has 0 amide bonds. The molecule has 0 aliphatic heterocycles. The summed E-state index contributed by atoms with van der Waals surface area (Å²) in [4.78, 5) is 0. The maximum absolute atomic E-state index is 12.7. The van der Waals surface area contributed by atoms with E-state index < -0.39 is 23.9 Å². The van der Waals surface area contributed by atoms with Crippen molar-refractivity contribution in [3.8, 4) is 0 Å². The van der Waals surface area contributed by atoms with Crippen LogP contribution in [-0.2, 0) is 0 Å². The molecule has 0 bridgehead atoms. The minimum Gasteiger partial charge on any atom is -0.330 e. The normalized spacial score (nSPS) is 21.9. The minimum absolute atomic E-state index is 0.0985. The molecule has 1 aliphatic rings. The van der Waals surface area contributed by atoms with Crippen LogP contribution >= 0.6 is 0 Å². The van der Waals surface area contributed by atoms with Crippen LogP contribution in [0, 0.1) is 5.41 Å². The summed E-state index contributed by atoms with van der Waals surface area (Å²) in [7, 11) is 0. The maximum atomic E-state index is 12.7. The Balaban J connectivity index is 2.66. The fourth-order valence-corrected chi connectivity index (χ4v) is 1.70. The molecular weight excluding hydrogens is 205 g/mol. The largest absolute Gasteiger partial charge is 0.453 e. The van der Waals surface area contributed by atoms with Crippen LogP contribution in [0.1, 0.15) is 25.7 Å². The van der Waals surface area contributed by atoms with Gasteiger partial charge < -0.3 is 5.73 Å². The van der Waals surface area contributed by atoms with E-state index in [9.17, 15) is 22.0 Å². The summed E-state index contributed by atoms with van der Waals surface area (Å²) in [6, 6.07) is 0. The summed E-state index contributed by atoms with van der Waals surface area (Å²) < 4.78 is 60.9. The third kappa shape index (κ3) is 1.99. The smallest absolute Gasteiger partial charge is 0.330 e. The van der Waals surface area contributed by atoms with Gasteiger partial charge in [-0.1, -0.05) is 6.42 Å². The average molecular weight is 217 g/mol. The Kier molecular flexibility index (Phi) is 2.77. The zero-order valence-electron chi connectivity index (χ0n) is 7.50. The van der Waals surface area contributed by atoms with Gasteiger partial charge in [-0.15, -0.1) is 0 Å². The molecule has 0 unspecified atom stereocenters. The molecule has 1 rings (SSSR count). The van der Waals surface area contributed by atoms with Gasteiger partial charge in [-0.05, 0) is 24.8 Å². The molecule has 1 fully saturated rings. The second kappa shape index (κ2) is 3.32. The van der Waals surface area contributed by atoms with E-state index in [-0.39, 0.29) is 6.54 Å². The molecule has 14 heavy (non-hydrogen) atoms. The molecule has 1 saturated carbocycles. The van der Waals surface area contributed by atoms with Crippen molar-refractivity contribution in [2.45, 2.75) is 37.8 Å². The first-order valence-electron chi connectivity index (χ1n) is 4.37. The van der Waals surface area contributed by atoms with E-state index in [0.717, 1.165) is 0 Å². The molecule has 0 heterocycles. The number of hydrogen-bond acceptors (Lipinski definition) is 1. The Labute approximate surface area is 78.5 Å². The fourth-order valence-electron chi connectivity index (χ4n) is 1.70. The highest BCUT2D eigenvalue weighted by Gasteiger charge is 2.61. The van der Waals surface area contributed by atoms with Crippen molar-refractivity contribution in [3.63, 3.8) is 0 Å². The lowest BCUT2D eigenvalue weighted by atomic mass is 9.65. The molecule has 2 N–H and O–H groups in total. The lowest BCUT2D eigenvalue weighted by molar-refractivity contribution is -0.295. The van der Waals surface area contributed by atoms with Crippen molar-refractivity contribution in [2.24, 2.45) is 11.1 Å². The van der Waals surface area contributed by atoms with Crippen LogP contribution in [0.3, 0.4) is 0 Å². The number of hydrogen-bond donors (Lipinski definition) is 1. The van der Waals surface area contributed by atoms with Gasteiger partial charge in [0.25, 0.3) is 0 Å². The van der Waals surface area contributed by atoms with E-state index >= 15 is 0 Å². The zero-order chi connectivity index (χ0) is 11.0. The predicted octanol–water partition coefficient (Wildman–Crippen LogP) is 2.70. The van der Waals surface area contributed by atoms with E-state index in [1.807, 2.05) is 0 Å². The summed E-state index contributed by atoms with van der Waals surface area (Å²) >= 11 is 0. The van der Waals surface area contributed by atoms with Gasteiger partial charge in [0, 0.05) is 6.42 Å². The highest BCUT2D eigenvalue weighted by Crippen LogP contribution is 2.51. The summed E-state index contributed by atoms with van der Waals surface area (Å²) in [5, 5.41) is 0.